The molecule has 0 radical (unpaired) electrons. The zero-order valence-corrected chi connectivity index (χ0v) is 13.3. The van der Waals surface area contributed by atoms with Crippen LogP contribution in [0.25, 0.3) is 0 Å². The number of hydrogen-bond donors (Lipinski definition) is 1. The predicted octanol–water partition coefficient (Wildman–Crippen LogP) is 1.38. The number of carbonyl (C=O) groups is 2. The fourth-order valence-electron chi connectivity index (χ4n) is 2.92. The van der Waals surface area contributed by atoms with Gasteiger partial charge in [-0.05, 0) is 38.0 Å². The van der Waals surface area contributed by atoms with Crippen molar-refractivity contribution in [3.8, 4) is 5.75 Å². The fourth-order valence-corrected chi connectivity index (χ4v) is 2.92. The van der Waals surface area contributed by atoms with E-state index in [4.69, 9.17) is 9.47 Å². The normalized spacial score (nSPS) is 19.9. The van der Waals surface area contributed by atoms with Crippen molar-refractivity contribution in [2.75, 3.05) is 37.7 Å². The topological polar surface area (TPSA) is 67.9 Å². The molecule has 1 aromatic carbocycles. The molecule has 1 fully saturated rings. The van der Waals surface area contributed by atoms with Crippen LogP contribution in [0.1, 0.15) is 30.1 Å². The molecule has 0 bridgehead atoms. The number of ketones is 1. The highest BCUT2D eigenvalue weighted by Gasteiger charge is 2.22. The van der Waals surface area contributed by atoms with Crippen LogP contribution in [0.4, 0.5) is 5.69 Å². The Morgan fingerprint density at radius 1 is 1.35 bits per heavy atom. The van der Waals surface area contributed by atoms with E-state index in [9.17, 15) is 9.59 Å². The van der Waals surface area contributed by atoms with Crippen LogP contribution >= 0.6 is 0 Å². The largest absolute Gasteiger partial charge is 0.490 e. The van der Waals surface area contributed by atoms with E-state index >= 15 is 0 Å². The summed E-state index contributed by atoms with van der Waals surface area (Å²) in [5.41, 5.74) is 1.43. The first-order valence-corrected chi connectivity index (χ1v) is 8.04. The van der Waals surface area contributed by atoms with E-state index in [0.29, 0.717) is 31.0 Å². The second-order valence-electron chi connectivity index (χ2n) is 5.95. The molecule has 1 unspecified atom stereocenters. The Labute approximate surface area is 135 Å². The molecule has 0 saturated carbocycles. The van der Waals surface area contributed by atoms with Crippen molar-refractivity contribution in [1.29, 1.82) is 0 Å². The molecule has 1 atom stereocenters. The maximum atomic E-state index is 12.2. The molecular formula is C17H22N2O4. The van der Waals surface area contributed by atoms with Gasteiger partial charge in [0.1, 0.15) is 12.4 Å². The lowest BCUT2D eigenvalue weighted by molar-refractivity contribution is -0.120. The number of anilines is 1. The van der Waals surface area contributed by atoms with E-state index in [2.05, 4.69) is 5.32 Å². The molecule has 1 saturated heterocycles. The van der Waals surface area contributed by atoms with E-state index < -0.39 is 0 Å². The minimum atomic E-state index is -0.0402. The van der Waals surface area contributed by atoms with Crippen molar-refractivity contribution in [3.63, 3.8) is 0 Å². The van der Waals surface area contributed by atoms with Gasteiger partial charge in [-0.1, -0.05) is 0 Å². The zero-order valence-electron chi connectivity index (χ0n) is 13.3. The Balaban J connectivity index is 1.63. The summed E-state index contributed by atoms with van der Waals surface area (Å²) in [5.74, 6) is 0.677. The number of ether oxygens (including phenoxy) is 2. The van der Waals surface area contributed by atoms with Gasteiger partial charge in [0, 0.05) is 18.7 Å². The molecule has 6 heteroatoms. The summed E-state index contributed by atoms with van der Waals surface area (Å²) in [6, 6.07) is 5.34. The van der Waals surface area contributed by atoms with Crippen LogP contribution in [0.5, 0.6) is 5.75 Å². The first kappa shape index (κ1) is 15.8. The first-order valence-electron chi connectivity index (χ1n) is 8.04. The molecule has 2 aliphatic heterocycles. The predicted molar refractivity (Wildman–Crippen MR) is 86.1 cm³/mol. The molecule has 124 valence electrons. The van der Waals surface area contributed by atoms with Crippen molar-refractivity contribution in [2.45, 2.75) is 25.9 Å². The third kappa shape index (κ3) is 3.82. The van der Waals surface area contributed by atoms with Crippen LogP contribution in [-0.2, 0) is 9.53 Å². The molecule has 1 amide bonds. The SMILES string of the molecule is CC(=O)c1ccc2c(c1)N(CC(=O)NCC1CCCO1)CCO2. The van der Waals surface area contributed by atoms with Gasteiger partial charge in [0.25, 0.3) is 0 Å². The quantitative estimate of drug-likeness (QED) is 0.831. The molecule has 0 aliphatic carbocycles. The molecule has 23 heavy (non-hydrogen) atoms. The highest BCUT2D eigenvalue weighted by Crippen LogP contribution is 2.32. The molecule has 1 aromatic rings. The average Bonchev–Trinajstić information content (AvgIpc) is 3.06. The van der Waals surface area contributed by atoms with Crippen molar-refractivity contribution in [3.05, 3.63) is 23.8 Å². The zero-order chi connectivity index (χ0) is 16.2. The second-order valence-corrected chi connectivity index (χ2v) is 5.95. The van der Waals surface area contributed by atoms with Gasteiger partial charge in [-0.25, -0.2) is 0 Å². The van der Waals surface area contributed by atoms with Gasteiger partial charge in [-0.3, -0.25) is 9.59 Å². The molecule has 2 heterocycles. The Kier molecular flexibility index (Phi) is 4.81. The van der Waals surface area contributed by atoms with E-state index in [1.54, 1.807) is 18.2 Å². The van der Waals surface area contributed by atoms with E-state index in [-0.39, 0.29) is 24.3 Å². The molecule has 2 aliphatic rings. The van der Waals surface area contributed by atoms with Crippen LogP contribution in [-0.4, -0.2) is 50.6 Å². The minimum Gasteiger partial charge on any atom is -0.490 e. The first-order chi connectivity index (χ1) is 11.1. The molecular weight excluding hydrogens is 296 g/mol. The van der Waals surface area contributed by atoms with Crippen LogP contribution in [0, 0.1) is 0 Å². The van der Waals surface area contributed by atoms with Gasteiger partial charge in [0.05, 0.1) is 24.9 Å². The third-order valence-electron chi connectivity index (χ3n) is 4.21. The third-order valence-corrected chi connectivity index (χ3v) is 4.21. The van der Waals surface area contributed by atoms with E-state index in [0.717, 1.165) is 25.1 Å². The summed E-state index contributed by atoms with van der Waals surface area (Å²) < 4.78 is 11.1. The number of rotatable bonds is 5. The Hall–Kier alpha value is -2.08. The number of nitrogens with one attached hydrogen (secondary N) is 1. The number of Topliss-reactive ketones (excluding diaryl/α,β-unsaturated/α-hetero) is 1. The standard InChI is InChI=1S/C17H22N2O4/c1-12(20)13-4-5-16-15(9-13)19(6-8-23-16)11-17(21)18-10-14-3-2-7-22-14/h4-5,9,14H,2-3,6-8,10-11H2,1H3,(H,18,21). The second kappa shape index (κ2) is 7.00. The lowest BCUT2D eigenvalue weighted by Gasteiger charge is -2.31. The summed E-state index contributed by atoms with van der Waals surface area (Å²) in [5, 5.41) is 2.93. The summed E-state index contributed by atoms with van der Waals surface area (Å²) in [7, 11) is 0. The van der Waals surface area contributed by atoms with Gasteiger partial charge < -0.3 is 19.7 Å². The minimum absolute atomic E-state index is 0.00107. The van der Waals surface area contributed by atoms with Crippen molar-refractivity contribution < 1.29 is 19.1 Å². The lowest BCUT2D eigenvalue weighted by Crippen LogP contribution is -2.43. The van der Waals surface area contributed by atoms with E-state index in [1.165, 1.54) is 6.92 Å². The summed E-state index contributed by atoms with van der Waals surface area (Å²) in [6.45, 7) is 4.29. The number of amides is 1. The Morgan fingerprint density at radius 3 is 2.96 bits per heavy atom. The molecule has 1 N–H and O–H groups in total. The smallest absolute Gasteiger partial charge is 0.239 e. The molecule has 0 aromatic heterocycles. The Morgan fingerprint density at radius 2 is 2.22 bits per heavy atom. The molecule has 3 rings (SSSR count). The maximum Gasteiger partial charge on any atom is 0.239 e. The van der Waals surface area contributed by atoms with Crippen LogP contribution < -0.4 is 15.0 Å². The fraction of sp³-hybridized carbons (Fsp3) is 0.529. The van der Waals surface area contributed by atoms with Gasteiger partial charge in [-0.2, -0.15) is 0 Å². The summed E-state index contributed by atoms with van der Waals surface area (Å²) in [6.07, 6.45) is 2.20. The number of carbonyl (C=O) groups excluding carboxylic acids is 2. The van der Waals surface area contributed by atoms with Crippen molar-refractivity contribution in [2.24, 2.45) is 0 Å². The number of fused-ring (bicyclic) bond motifs is 1. The van der Waals surface area contributed by atoms with Crippen LogP contribution in [0.2, 0.25) is 0 Å². The van der Waals surface area contributed by atoms with Gasteiger partial charge in [0.2, 0.25) is 5.91 Å². The monoisotopic (exact) mass is 318 g/mol. The Bertz CT molecular complexity index is 596. The van der Waals surface area contributed by atoms with Crippen LogP contribution in [0.3, 0.4) is 0 Å². The number of hydrogen-bond acceptors (Lipinski definition) is 5. The molecule has 0 spiro atoms. The number of benzene rings is 1. The van der Waals surface area contributed by atoms with E-state index in [1.807, 2.05) is 4.90 Å². The summed E-state index contributed by atoms with van der Waals surface area (Å²) >= 11 is 0. The van der Waals surface area contributed by atoms with Gasteiger partial charge in [-0.15, -0.1) is 0 Å². The number of nitrogens with zero attached hydrogens (tertiary/aromatic N) is 1. The van der Waals surface area contributed by atoms with Gasteiger partial charge in [0.15, 0.2) is 5.78 Å². The average molecular weight is 318 g/mol. The van der Waals surface area contributed by atoms with Crippen LogP contribution in [0.15, 0.2) is 18.2 Å². The summed E-state index contributed by atoms with van der Waals surface area (Å²) in [4.78, 5) is 25.7. The lowest BCUT2D eigenvalue weighted by atomic mass is 10.1. The van der Waals surface area contributed by atoms with Crippen molar-refractivity contribution >= 4 is 17.4 Å². The highest BCUT2D eigenvalue weighted by molar-refractivity contribution is 5.96. The molecule has 6 nitrogen and oxygen atoms in total. The van der Waals surface area contributed by atoms with Crippen molar-refractivity contribution in [1.82, 2.24) is 5.32 Å². The van der Waals surface area contributed by atoms with Gasteiger partial charge >= 0.3 is 0 Å². The highest BCUT2D eigenvalue weighted by atomic mass is 16.5. The maximum absolute atomic E-state index is 12.2.